The third kappa shape index (κ3) is 5.55. The van der Waals surface area contributed by atoms with E-state index in [9.17, 15) is 18.0 Å². The summed E-state index contributed by atoms with van der Waals surface area (Å²) in [4.78, 5) is 23.6. The van der Waals surface area contributed by atoms with Crippen molar-refractivity contribution in [1.29, 1.82) is 0 Å². The number of sulfonamides is 1. The van der Waals surface area contributed by atoms with Crippen LogP contribution in [0.15, 0.2) is 47.4 Å². The number of nitrogens with one attached hydrogen (secondary N) is 1. The molecule has 3 N–H and O–H groups in total. The quantitative estimate of drug-likeness (QED) is 0.645. The van der Waals surface area contributed by atoms with Gasteiger partial charge in [0.25, 0.3) is 0 Å². The Kier molecular flexibility index (Phi) is 7.35. The molecule has 9 heteroatoms. The molecule has 0 atom stereocenters. The van der Waals surface area contributed by atoms with E-state index in [4.69, 9.17) is 10.5 Å². The van der Waals surface area contributed by atoms with Gasteiger partial charge in [-0.15, -0.1) is 0 Å². The molecule has 2 rings (SSSR count). The molecule has 0 saturated carbocycles. The van der Waals surface area contributed by atoms with E-state index in [0.29, 0.717) is 29.2 Å². The molecular weight excluding hydrogens is 394 g/mol. The number of carbonyl (C=O) groups excluding carboxylic acids is 2. The van der Waals surface area contributed by atoms with E-state index in [1.165, 1.54) is 36.4 Å². The van der Waals surface area contributed by atoms with Crippen molar-refractivity contribution in [3.63, 3.8) is 0 Å². The molecule has 0 fully saturated rings. The smallest absolute Gasteiger partial charge is 0.248 e. The van der Waals surface area contributed by atoms with Crippen molar-refractivity contribution in [3.8, 4) is 5.75 Å². The molecule has 156 valence electrons. The minimum atomic E-state index is -3.85. The van der Waals surface area contributed by atoms with E-state index in [1.807, 2.05) is 6.92 Å². The number of nitrogens with two attached hydrogens (primary N) is 1. The number of anilines is 1. The zero-order chi connectivity index (χ0) is 21.6. The van der Waals surface area contributed by atoms with Crippen LogP contribution in [0.5, 0.6) is 5.75 Å². The lowest BCUT2D eigenvalue weighted by Crippen LogP contribution is -2.37. The summed E-state index contributed by atoms with van der Waals surface area (Å²) in [6.07, 6.45) is 0. The first-order valence-corrected chi connectivity index (χ1v) is 10.6. The molecule has 29 heavy (non-hydrogen) atoms. The standard InChI is InChI=1S/C20H25N3O5S/c1-4-23(13-19(24)22-16-8-6-15(7-9-16)20(21)25)29(26,27)17-10-11-18(28-5-2)14(3)12-17/h6-12H,4-5,13H2,1-3H3,(H2,21,25)(H,22,24). The molecule has 0 aliphatic heterocycles. The molecule has 0 spiro atoms. The molecule has 0 saturated heterocycles. The normalized spacial score (nSPS) is 11.3. The second kappa shape index (κ2) is 9.53. The number of nitrogens with zero attached hydrogens (tertiary/aromatic N) is 1. The van der Waals surface area contributed by atoms with Gasteiger partial charge in [0.15, 0.2) is 0 Å². The van der Waals surface area contributed by atoms with Crippen LogP contribution in [0.1, 0.15) is 29.8 Å². The summed E-state index contributed by atoms with van der Waals surface area (Å²) in [7, 11) is -3.85. The molecule has 0 aliphatic carbocycles. The van der Waals surface area contributed by atoms with Crippen molar-refractivity contribution in [1.82, 2.24) is 4.31 Å². The first-order chi connectivity index (χ1) is 13.7. The number of rotatable bonds is 9. The molecule has 0 aromatic heterocycles. The topological polar surface area (TPSA) is 119 Å². The summed E-state index contributed by atoms with van der Waals surface area (Å²) >= 11 is 0. The van der Waals surface area contributed by atoms with Crippen LogP contribution < -0.4 is 15.8 Å². The number of ether oxygens (including phenoxy) is 1. The maximum atomic E-state index is 12.9. The molecule has 2 aromatic carbocycles. The average molecular weight is 420 g/mol. The lowest BCUT2D eigenvalue weighted by atomic mass is 10.2. The van der Waals surface area contributed by atoms with Crippen LogP contribution in [0, 0.1) is 6.92 Å². The van der Waals surface area contributed by atoms with Crippen molar-refractivity contribution >= 4 is 27.5 Å². The summed E-state index contributed by atoms with van der Waals surface area (Å²) in [5.41, 5.74) is 6.63. The second-order valence-electron chi connectivity index (χ2n) is 6.28. The van der Waals surface area contributed by atoms with Gasteiger partial charge in [0.2, 0.25) is 21.8 Å². The van der Waals surface area contributed by atoms with Crippen molar-refractivity contribution in [3.05, 3.63) is 53.6 Å². The SMILES string of the molecule is CCOc1ccc(S(=O)(=O)N(CC)CC(=O)Nc2ccc(C(N)=O)cc2)cc1C. The molecule has 0 heterocycles. The summed E-state index contributed by atoms with van der Waals surface area (Å²) in [5.74, 6) is -0.451. The highest BCUT2D eigenvalue weighted by Crippen LogP contribution is 2.24. The highest BCUT2D eigenvalue weighted by Gasteiger charge is 2.26. The second-order valence-corrected chi connectivity index (χ2v) is 8.22. The third-order valence-electron chi connectivity index (χ3n) is 4.21. The average Bonchev–Trinajstić information content (AvgIpc) is 2.68. The van der Waals surface area contributed by atoms with Gasteiger partial charge in [-0.05, 0) is 61.9 Å². The fourth-order valence-electron chi connectivity index (χ4n) is 2.69. The first kappa shape index (κ1) is 22.4. The summed E-state index contributed by atoms with van der Waals surface area (Å²) < 4.78 is 32.4. The van der Waals surface area contributed by atoms with Gasteiger partial charge in [-0.2, -0.15) is 4.31 Å². The molecule has 2 amide bonds. The highest BCUT2D eigenvalue weighted by molar-refractivity contribution is 7.89. The van der Waals surface area contributed by atoms with Gasteiger partial charge in [0, 0.05) is 17.8 Å². The Hall–Kier alpha value is -2.91. The molecular formula is C20H25N3O5S. The lowest BCUT2D eigenvalue weighted by Gasteiger charge is -2.21. The number of amides is 2. The van der Waals surface area contributed by atoms with Crippen LogP contribution in [0.3, 0.4) is 0 Å². The van der Waals surface area contributed by atoms with Crippen LogP contribution in [0.4, 0.5) is 5.69 Å². The van der Waals surface area contributed by atoms with Crippen molar-refractivity contribution < 1.29 is 22.7 Å². The van der Waals surface area contributed by atoms with Gasteiger partial charge in [0.1, 0.15) is 5.75 Å². The van der Waals surface area contributed by atoms with Gasteiger partial charge in [-0.3, -0.25) is 9.59 Å². The summed E-state index contributed by atoms with van der Waals surface area (Å²) in [6, 6.07) is 10.6. The van der Waals surface area contributed by atoms with E-state index >= 15 is 0 Å². The number of hydrogen-bond acceptors (Lipinski definition) is 5. The Balaban J connectivity index is 2.14. The molecule has 2 aromatic rings. The Bertz CT molecular complexity index is 988. The van der Waals surface area contributed by atoms with Gasteiger partial charge >= 0.3 is 0 Å². The highest BCUT2D eigenvalue weighted by atomic mass is 32.2. The molecule has 0 aliphatic rings. The molecule has 0 unspecified atom stereocenters. The predicted octanol–water partition coefficient (Wildman–Crippen LogP) is 2.14. The van der Waals surface area contributed by atoms with Gasteiger partial charge in [0.05, 0.1) is 18.0 Å². The zero-order valence-electron chi connectivity index (χ0n) is 16.6. The summed E-state index contributed by atoms with van der Waals surface area (Å²) in [5, 5.41) is 2.62. The third-order valence-corrected chi connectivity index (χ3v) is 6.13. The zero-order valence-corrected chi connectivity index (χ0v) is 17.5. The van der Waals surface area contributed by atoms with Crippen LogP contribution in [0.2, 0.25) is 0 Å². The maximum Gasteiger partial charge on any atom is 0.248 e. The largest absolute Gasteiger partial charge is 0.494 e. The van der Waals surface area contributed by atoms with Crippen molar-refractivity contribution in [2.75, 3.05) is 25.0 Å². The lowest BCUT2D eigenvalue weighted by molar-refractivity contribution is -0.116. The molecule has 0 radical (unpaired) electrons. The van der Waals surface area contributed by atoms with Crippen LogP contribution >= 0.6 is 0 Å². The van der Waals surface area contributed by atoms with Gasteiger partial charge in [-0.1, -0.05) is 6.92 Å². The predicted molar refractivity (Wildman–Crippen MR) is 110 cm³/mol. The van der Waals surface area contributed by atoms with Gasteiger partial charge < -0.3 is 15.8 Å². The van der Waals surface area contributed by atoms with E-state index in [2.05, 4.69) is 5.32 Å². The van der Waals surface area contributed by atoms with E-state index < -0.39 is 21.8 Å². The fourth-order valence-corrected chi connectivity index (χ4v) is 4.19. The minimum absolute atomic E-state index is 0.0962. The Morgan fingerprint density at radius 3 is 2.28 bits per heavy atom. The number of benzene rings is 2. The first-order valence-electron chi connectivity index (χ1n) is 9.12. The Labute approximate surface area is 170 Å². The Morgan fingerprint density at radius 1 is 1.10 bits per heavy atom. The van der Waals surface area contributed by atoms with Gasteiger partial charge in [-0.25, -0.2) is 8.42 Å². The fraction of sp³-hybridized carbons (Fsp3) is 0.300. The monoisotopic (exact) mass is 419 g/mol. The number of likely N-dealkylation sites (N-methyl/N-ethyl adjacent to an activating group) is 1. The van der Waals surface area contributed by atoms with E-state index in [0.717, 1.165) is 4.31 Å². The van der Waals surface area contributed by atoms with E-state index in [1.54, 1.807) is 19.9 Å². The maximum absolute atomic E-state index is 12.9. The number of hydrogen-bond donors (Lipinski definition) is 2. The Morgan fingerprint density at radius 2 is 1.76 bits per heavy atom. The number of carbonyl (C=O) groups is 2. The summed E-state index contributed by atoms with van der Waals surface area (Å²) in [6.45, 7) is 5.54. The van der Waals surface area contributed by atoms with Crippen LogP contribution in [-0.2, 0) is 14.8 Å². The number of primary amides is 1. The number of aryl methyl sites for hydroxylation is 1. The minimum Gasteiger partial charge on any atom is -0.494 e. The van der Waals surface area contributed by atoms with Crippen LogP contribution in [0.25, 0.3) is 0 Å². The van der Waals surface area contributed by atoms with Crippen molar-refractivity contribution in [2.24, 2.45) is 5.73 Å². The molecule has 8 nitrogen and oxygen atoms in total. The van der Waals surface area contributed by atoms with Crippen molar-refractivity contribution in [2.45, 2.75) is 25.7 Å². The molecule has 0 bridgehead atoms. The van der Waals surface area contributed by atoms with Crippen LogP contribution in [-0.4, -0.2) is 44.2 Å². The van der Waals surface area contributed by atoms with E-state index in [-0.39, 0.29) is 18.0 Å².